The topological polar surface area (TPSA) is 374 Å². The monoisotopic (exact) mass is 1650 g/mol. The van der Waals surface area contributed by atoms with Crippen LogP contribution in [0.3, 0.4) is 0 Å². The molecule has 0 aliphatic heterocycles. The molecule has 0 unspecified atom stereocenters. The number of aliphatic hydroxyl groups is 1. The van der Waals surface area contributed by atoms with Crippen LogP contribution in [0.15, 0.2) is 162 Å². The average molecular weight is 1660 g/mol. The first-order valence-corrected chi connectivity index (χ1v) is 36.7. The van der Waals surface area contributed by atoms with Crippen molar-refractivity contribution in [2.24, 2.45) is 0 Å². The molecule has 2 N–H and O–H groups in total. The van der Waals surface area contributed by atoms with Gasteiger partial charge in [0.2, 0.25) is 22.5 Å². The van der Waals surface area contributed by atoms with Gasteiger partial charge in [0.05, 0.1) is 26.6 Å². The van der Waals surface area contributed by atoms with Gasteiger partial charge in [0.1, 0.15) is 0 Å². The first kappa shape index (κ1) is 94.4. The number of Topliss-reactive ketones (excluding diaryl/α,β-unsaturated/α-hetero) is 2. The number of hydrogen-bond acceptors (Lipinski definition) is 21. The molecule has 0 amide bonds. The molecule has 1 aliphatic rings. The van der Waals surface area contributed by atoms with Gasteiger partial charge in [-0.25, -0.2) is 0 Å². The van der Waals surface area contributed by atoms with E-state index in [1.807, 2.05) is 130 Å². The minimum Gasteiger partial charge on any atom is -0.504 e. The number of nitro groups is 1. The molecule has 594 valence electrons. The minimum absolute atomic E-state index is 0.0182. The van der Waals surface area contributed by atoms with E-state index in [1.165, 1.54) is 63.2 Å². The van der Waals surface area contributed by atoms with Crippen LogP contribution < -0.4 is 76.0 Å². The van der Waals surface area contributed by atoms with Gasteiger partial charge in [-0.1, -0.05) is 117 Å². The van der Waals surface area contributed by atoms with Gasteiger partial charge in [-0.15, -0.1) is 11.6 Å². The molecule has 27 heteroatoms. The molecular formula is C86H84BrCl2F2NO21. The Kier molecular flexibility index (Phi) is 34.2. The Morgan fingerprint density at radius 2 is 0.947 bits per heavy atom. The van der Waals surface area contributed by atoms with Crippen molar-refractivity contribution in [3.63, 3.8) is 0 Å². The third-order valence-electron chi connectivity index (χ3n) is 17.2. The Hall–Kier alpha value is -11.0. The van der Waals surface area contributed by atoms with Gasteiger partial charge >= 0.3 is 5.69 Å². The molecule has 16 aromatic carbocycles. The maximum Gasteiger partial charge on any atom is 0.336 e. The van der Waals surface area contributed by atoms with Crippen molar-refractivity contribution in [2.45, 2.75) is 172 Å². The fourth-order valence-corrected chi connectivity index (χ4v) is 10.1. The van der Waals surface area contributed by atoms with Gasteiger partial charge in [-0.05, 0) is 192 Å². The Bertz CT molecular complexity index is 5800. The van der Waals surface area contributed by atoms with Crippen LogP contribution in [-0.4, -0.2) is 44.5 Å². The number of carbonyl (C=O) groups is 3. The van der Waals surface area contributed by atoms with Gasteiger partial charge < -0.3 is 10.2 Å². The summed E-state index contributed by atoms with van der Waals surface area (Å²) in [5.74, 6) is -1.58. The molecule has 17 rings (SSSR count). The summed E-state index contributed by atoms with van der Waals surface area (Å²) in [6, 6.07) is 25.9. The van der Waals surface area contributed by atoms with E-state index < -0.39 is 27.4 Å². The average Bonchev–Trinajstić information content (AvgIpc) is 1.65. The SMILES string of the molecule is CC(=O)c1c(C)c1=O.CC(=O)c1c(C)c1=O.CC(C)(Cl)Cc1c(Cl)c1=O.CC(C)=Cc1c(C)c1=O.Cc1c(C(C)C)c1=O.Cc1c(C=O)c1=O.Cc1c(O)c1=O.Cc1cc1=O.Cc1ccc(-c2cc2=O)cc1.O=c1c(Br)c1[N+](=O)[O-].O=c1c(F)c1F.O=c1cc1-c1ccccc1.O=c1cc1C1CCCCC1.O=c1cc1CCO. The fourth-order valence-electron chi connectivity index (χ4n) is 9.36. The molecule has 113 heavy (non-hydrogen) atoms. The van der Waals surface area contributed by atoms with Gasteiger partial charge in [0, 0.05) is 89.4 Å². The molecule has 0 spiro atoms. The van der Waals surface area contributed by atoms with E-state index in [0.29, 0.717) is 91.4 Å². The van der Waals surface area contributed by atoms with Crippen LogP contribution in [0.4, 0.5) is 14.5 Å². The number of aromatic hydroxyl groups is 1. The first-order valence-electron chi connectivity index (χ1n) is 35.2. The number of hydrogen-bond donors (Lipinski definition) is 2. The summed E-state index contributed by atoms with van der Waals surface area (Å²) < 4.78 is 22.2. The van der Waals surface area contributed by atoms with Crippen LogP contribution in [0, 0.1) is 77.1 Å². The Morgan fingerprint density at radius 1 is 0.584 bits per heavy atom. The third-order valence-corrected chi connectivity index (χ3v) is 18.5. The molecule has 1 saturated carbocycles. The molecule has 0 saturated heterocycles. The minimum atomic E-state index is -1.21. The predicted octanol–water partition coefficient (Wildman–Crippen LogP) is 11.9. The lowest BCUT2D eigenvalue weighted by Crippen LogP contribution is -2.13. The van der Waals surface area contributed by atoms with Crippen LogP contribution >= 0.6 is 39.1 Å². The number of ketones is 2. The van der Waals surface area contributed by atoms with Gasteiger partial charge in [-0.3, -0.25) is 91.6 Å². The van der Waals surface area contributed by atoms with E-state index in [0.717, 1.165) is 61.2 Å². The summed E-state index contributed by atoms with van der Waals surface area (Å²) >= 11 is 14.0. The molecule has 0 bridgehead atoms. The standard InChI is InChI=1S/C10H8O.C9H12O.C9H6O.C8H10O.C7H8Cl2O.C7H10O.2C6H6O2.C5H4O2.C5H6O2.C4H4O2.C4H4O.C3BrNO3.C3F2O/c1-7-2-4-8(5-3-7)9-6-10(9)11;2*10-9-6-8(9)7-4-2-1-3-5-7;1-5(2)4-7-6(3)8(7)9;1-7(2,9)3-4-5(8)6(4)10;1-4(2)6-5(3)7(6)8;2*1-3-5(4(2)7)6(3)8;1-3-4(2-6)5(3)7;6-2-1-4-3-5(4)7;1-2-3(5)4(2)6;1-3-2-4(3)5;4-1-2(3(1)6)5(7)8;4-1-2(5)3(1)6/h2-6H,1H3;6-7H,1-5H2;1-6H;4H,1-3H3;3H2,1-2H3;4H,1-3H3;2*1-2H3;2H,1H3;3,6H,1-2H2;5H,1H3;2H,1H3;;. The summed E-state index contributed by atoms with van der Waals surface area (Å²) in [4.78, 5) is 183. The molecule has 1 aliphatic carbocycles. The van der Waals surface area contributed by atoms with Crippen molar-refractivity contribution in [3.8, 4) is 28.0 Å². The Labute approximate surface area is 664 Å². The Morgan fingerprint density at radius 3 is 1.10 bits per heavy atom. The summed E-state index contributed by atoms with van der Waals surface area (Å²) in [6.07, 6.45) is 10.2. The molecule has 0 heterocycles. The van der Waals surface area contributed by atoms with Crippen molar-refractivity contribution in [1.82, 2.24) is 0 Å². The second-order valence-corrected chi connectivity index (χ2v) is 30.2. The molecule has 22 nitrogen and oxygen atoms in total. The van der Waals surface area contributed by atoms with Crippen molar-refractivity contribution in [1.29, 1.82) is 0 Å². The van der Waals surface area contributed by atoms with Gasteiger partial charge in [0.15, 0.2) is 82.4 Å². The number of aryl methyl sites for hydroxylation is 2. The van der Waals surface area contributed by atoms with Gasteiger partial charge in [0.25, 0.3) is 10.9 Å². The van der Waals surface area contributed by atoms with Crippen LogP contribution in [0.2, 0.25) is 5.02 Å². The largest absolute Gasteiger partial charge is 0.504 e. The van der Waals surface area contributed by atoms with Gasteiger partial charge in [-0.2, -0.15) is 8.78 Å². The maximum atomic E-state index is 11.1. The highest BCUT2D eigenvalue weighted by Gasteiger charge is 2.32. The number of alkyl halides is 1. The molecule has 16 aromatic rings. The van der Waals surface area contributed by atoms with E-state index in [4.69, 9.17) is 33.4 Å². The lowest BCUT2D eigenvalue weighted by Gasteiger charge is -2.17. The summed E-state index contributed by atoms with van der Waals surface area (Å²) in [6.45, 7) is 28.9. The molecule has 0 atom stereocenters. The zero-order chi connectivity index (χ0) is 86.0. The number of carbonyl (C=O) groups excluding carboxylic acids is 3. The van der Waals surface area contributed by atoms with E-state index in [9.17, 15) is 100 Å². The van der Waals surface area contributed by atoms with E-state index >= 15 is 0 Å². The zero-order valence-electron chi connectivity index (χ0n) is 65.0. The fraction of sp³-hybridized carbons (Fsp3) is 0.314. The van der Waals surface area contributed by atoms with Crippen LogP contribution in [0.5, 0.6) is 5.75 Å². The zero-order valence-corrected chi connectivity index (χ0v) is 68.1. The van der Waals surface area contributed by atoms with E-state index in [-0.39, 0.29) is 93.2 Å². The van der Waals surface area contributed by atoms with E-state index in [2.05, 4.69) is 15.9 Å². The third kappa shape index (κ3) is 31.6. The number of allylic oxidation sites excluding steroid dienone is 1. The predicted molar refractivity (Wildman–Crippen MR) is 440 cm³/mol. The number of benzene rings is 2. The highest BCUT2D eigenvalue weighted by molar-refractivity contribution is 9.10. The van der Waals surface area contributed by atoms with E-state index in [1.54, 1.807) is 52.0 Å². The highest BCUT2D eigenvalue weighted by Crippen LogP contribution is 2.33. The number of aldehydes is 1. The molecule has 0 radical (unpaired) electrons. The number of rotatable bonds is 13. The quantitative estimate of drug-likeness (QED) is 0.0356. The summed E-state index contributed by atoms with van der Waals surface area (Å²) in [7, 11) is 0. The van der Waals surface area contributed by atoms with Crippen molar-refractivity contribution >= 4 is 68.7 Å². The van der Waals surface area contributed by atoms with Crippen LogP contribution in [0.25, 0.3) is 28.3 Å². The first-order chi connectivity index (χ1) is 52.5. The second kappa shape index (κ2) is 41.0. The smallest absolute Gasteiger partial charge is 0.336 e. The van der Waals surface area contributed by atoms with Crippen molar-refractivity contribution in [2.75, 3.05) is 6.61 Å². The molecular weight excluding hydrogens is 1570 g/mol. The van der Waals surface area contributed by atoms with Crippen molar-refractivity contribution < 1.29 is 38.3 Å². The second-order valence-electron chi connectivity index (χ2n) is 28.0. The summed E-state index contributed by atoms with van der Waals surface area (Å²) in [5, 5.41) is 26.5. The van der Waals surface area contributed by atoms with Crippen LogP contribution in [-0.2, 0) is 12.8 Å². The lowest BCUT2D eigenvalue weighted by atomic mass is 9.88. The number of nitrogens with zero attached hydrogens (tertiary/aromatic N) is 1. The Balaban J connectivity index is 0.000000258. The normalized spacial score (nSPS) is 11.6. The summed E-state index contributed by atoms with van der Waals surface area (Å²) in [5.41, 5.74) is 16.4. The number of aliphatic hydroxyl groups excluding tert-OH is 1. The molecule has 1 fully saturated rings. The molecule has 0 aromatic heterocycles. The lowest BCUT2D eigenvalue weighted by molar-refractivity contribution is -0.381. The van der Waals surface area contributed by atoms with Crippen molar-refractivity contribution in [3.05, 3.63) is 354 Å². The number of halogens is 5. The van der Waals surface area contributed by atoms with Crippen LogP contribution in [0.1, 0.15) is 203 Å². The highest BCUT2D eigenvalue weighted by atomic mass is 79.9. The maximum absolute atomic E-state index is 11.1.